The molecule has 0 aromatic heterocycles. The molecule has 3 unspecified atom stereocenters. The summed E-state index contributed by atoms with van der Waals surface area (Å²) >= 11 is 0. The molecule has 0 amide bonds. The summed E-state index contributed by atoms with van der Waals surface area (Å²) in [5, 5.41) is 10.6. The van der Waals surface area contributed by atoms with Crippen LogP contribution in [-0.4, -0.2) is 96.7 Å². The van der Waals surface area contributed by atoms with Crippen LogP contribution in [0.15, 0.2) is 24.3 Å². The Morgan fingerprint density at radius 2 is 0.634 bits per heavy atom. The molecule has 17 nitrogen and oxygen atoms in total. The molecule has 93 heavy (non-hydrogen) atoms. The van der Waals surface area contributed by atoms with Gasteiger partial charge in [-0.05, 0) is 69.1 Å². The number of aliphatic hydroxyl groups excluding tert-OH is 1. The first-order valence-corrected chi connectivity index (χ1v) is 40.7. The van der Waals surface area contributed by atoms with Gasteiger partial charge in [-0.15, -0.1) is 0 Å². The summed E-state index contributed by atoms with van der Waals surface area (Å²) in [6.07, 6.45) is 52.1. The number of allylic oxidation sites excluding steroid dienone is 4. The Morgan fingerprint density at radius 1 is 0.355 bits per heavy atom. The maximum absolute atomic E-state index is 13.1. The van der Waals surface area contributed by atoms with Gasteiger partial charge in [0.25, 0.3) is 0 Å². The van der Waals surface area contributed by atoms with E-state index in [1.54, 1.807) is 0 Å². The van der Waals surface area contributed by atoms with Crippen LogP contribution in [0.2, 0.25) is 0 Å². The van der Waals surface area contributed by atoms with E-state index in [9.17, 15) is 43.2 Å². The van der Waals surface area contributed by atoms with Gasteiger partial charge in [0.15, 0.2) is 12.2 Å². The molecule has 0 aromatic carbocycles. The van der Waals surface area contributed by atoms with Crippen molar-refractivity contribution < 1.29 is 80.2 Å². The van der Waals surface area contributed by atoms with E-state index in [-0.39, 0.29) is 25.7 Å². The summed E-state index contributed by atoms with van der Waals surface area (Å²) in [7, 11) is -9.92. The van der Waals surface area contributed by atoms with Gasteiger partial charge in [0.2, 0.25) is 0 Å². The summed E-state index contributed by atoms with van der Waals surface area (Å²) in [4.78, 5) is 72.7. The zero-order valence-electron chi connectivity index (χ0n) is 60.2. The van der Waals surface area contributed by atoms with Crippen molar-refractivity contribution in [3.8, 4) is 0 Å². The van der Waals surface area contributed by atoms with Crippen LogP contribution >= 0.6 is 15.6 Å². The van der Waals surface area contributed by atoms with E-state index < -0.39 is 97.5 Å². The number of rotatable bonds is 70. The van der Waals surface area contributed by atoms with E-state index in [0.29, 0.717) is 25.7 Å². The van der Waals surface area contributed by atoms with Gasteiger partial charge in [-0.1, -0.05) is 297 Å². The molecule has 0 aliphatic heterocycles. The molecule has 3 N–H and O–H groups in total. The van der Waals surface area contributed by atoms with Crippen molar-refractivity contribution in [2.24, 2.45) is 17.8 Å². The molecule has 0 heterocycles. The molecule has 0 saturated carbocycles. The molecule has 0 rings (SSSR count). The second-order valence-electron chi connectivity index (χ2n) is 27.2. The van der Waals surface area contributed by atoms with Gasteiger partial charge in [-0.2, -0.15) is 0 Å². The van der Waals surface area contributed by atoms with Gasteiger partial charge in [-0.25, -0.2) is 9.13 Å². The van der Waals surface area contributed by atoms with Crippen molar-refractivity contribution >= 4 is 39.5 Å². The number of phosphoric acid groups is 2. The van der Waals surface area contributed by atoms with Crippen molar-refractivity contribution in [1.82, 2.24) is 0 Å². The number of esters is 4. The van der Waals surface area contributed by atoms with E-state index >= 15 is 0 Å². The molecule has 0 saturated heterocycles. The number of ether oxygens (including phenoxy) is 4. The molecule has 0 spiro atoms. The molecular formula is C74H140O17P2. The fourth-order valence-electron chi connectivity index (χ4n) is 10.7. The first-order valence-electron chi connectivity index (χ1n) is 37.7. The van der Waals surface area contributed by atoms with Gasteiger partial charge >= 0.3 is 39.5 Å². The fraction of sp³-hybridized carbons (Fsp3) is 0.892. The molecular weight excluding hydrogens is 1220 g/mol. The van der Waals surface area contributed by atoms with E-state index in [2.05, 4.69) is 72.8 Å². The summed E-state index contributed by atoms with van der Waals surface area (Å²) in [6, 6.07) is 0. The predicted molar refractivity (Wildman–Crippen MR) is 377 cm³/mol. The lowest BCUT2D eigenvalue weighted by Crippen LogP contribution is -2.30. The monoisotopic (exact) mass is 1360 g/mol. The molecule has 0 aromatic rings. The Labute approximate surface area is 567 Å². The number of phosphoric ester groups is 2. The highest BCUT2D eigenvalue weighted by Crippen LogP contribution is 2.45. The van der Waals surface area contributed by atoms with Crippen LogP contribution < -0.4 is 0 Å². The van der Waals surface area contributed by atoms with Crippen LogP contribution in [0.1, 0.15) is 350 Å². The van der Waals surface area contributed by atoms with Crippen LogP contribution in [0.3, 0.4) is 0 Å². The zero-order valence-corrected chi connectivity index (χ0v) is 62.0. The standard InChI is InChI=1S/C74H140O17P2/c1-8-10-11-12-13-14-15-16-17-18-23-28-33-41-48-55-71(76)84-61-69(90-73(78)57-50-43-34-29-24-19-21-26-31-38-45-52-65(3)4)63-88-92(80,81)86-59-68(75)60-87-93(82,83)89-64-70(62-85-72(77)56-49-42-37-36-40-47-54-67(7)9-2)91-74(79)58-51-44-35-30-25-20-22-27-32-39-46-53-66(5)6/h14-17,65-70,75H,8-13,18-64H2,1-7H3,(H,80,81)(H,82,83)/b15-14-,17-16-/t67?,68-,69-,70-/m1/s1. The lowest BCUT2D eigenvalue weighted by Gasteiger charge is -2.21. The van der Waals surface area contributed by atoms with Gasteiger partial charge in [0.05, 0.1) is 26.4 Å². The minimum absolute atomic E-state index is 0.0991. The summed E-state index contributed by atoms with van der Waals surface area (Å²) in [6.45, 7) is 11.8. The maximum Gasteiger partial charge on any atom is 0.472 e. The Kier molecular flexibility index (Phi) is 62.5. The van der Waals surface area contributed by atoms with Gasteiger partial charge in [0, 0.05) is 25.7 Å². The van der Waals surface area contributed by atoms with E-state index in [4.69, 9.17) is 37.0 Å². The molecule has 0 radical (unpaired) electrons. The van der Waals surface area contributed by atoms with E-state index in [0.717, 1.165) is 133 Å². The molecule has 0 aliphatic carbocycles. The summed E-state index contributed by atoms with van der Waals surface area (Å²) < 4.78 is 68.4. The molecule has 0 aliphatic rings. The van der Waals surface area contributed by atoms with Crippen molar-refractivity contribution in [3.63, 3.8) is 0 Å². The van der Waals surface area contributed by atoms with Crippen LogP contribution in [0.25, 0.3) is 0 Å². The number of carbonyl (C=O) groups excluding carboxylic acids is 4. The number of hydrogen-bond acceptors (Lipinski definition) is 15. The Bertz CT molecular complexity index is 1910. The SMILES string of the molecule is CCCCCC/C=C\C=C/CCCCCCCC(=O)OC[C@H](COP(=O)(O)OC[C@@H](O)COP(=O)(O)OC[C@@H](COC(=O)CCCCCCCCC(C)CC)OC(=O)CCCCCCCCCCCCCC(C)C)OC(=O)CCCCCCCCCCCCCC(C)C. The lowest BCUT2D eigenvalue weighted by molar-refractivity contribution is -0.161. The van der Waals surface area contributed by atoms with Crippen molar-refractivity contribution in [1.29, 1.82) is 0 Å². The Hall–Kier alpha value is -2.46. The third-order valence-electron chi connectivity index (χ3n) is 16.9. The van der Waals surface area contributed by atoms with E-state index in [1.165, 1.54) is 135 Å². The molecule has 0 fully saturated rings. The number of unbranched alkanes of at least 4 members (excludes halogenated alkanes) is 34. The fourth-order valence-corrected chi connectivity index (χ4v) is 12.3. The average molecular weight is 1360 g/mol. The second kappa shape index (κ2) is 64.2. The first-order chi connectivity index (χ1) is 44.8. The Balaban J connectivity index is 5.30. The third kappa shape index (κ3) is 66.6. The zero-order chi connectivity index (χ0) is 68.7. The molecule has 6 atom stereocenters. The van der Waals surface area contributed by atoms with Crippen LogP contribution in [0.4, 0.5) is 0 Å². The highest BCUT2D eigenvalue weighted by molar-refractivity contribution is 7.47. The lowest BCUT2D eigenvalue weighted by atomic mass is 10.00. The highest BCUT2D eigenvalue weighted by atomic mass is 31.2. The van der Waals surface area contributed by atoms with Gasteiger partial charge in [0.1, 0.15) is 19.3 Å². The molecule has 548 valence electrons. The molecule has 0 bridgehead atoms. The normalized spacial score (nSPS) is 14.6. The van der Waals surface area contributed by atoms with Crippen molar-refractivity contribution in [3.05, 3.63) is 24.3 Å². The average Bonchev–Trinajstić information content (AvgIpc) is 2.39. The third-order valence-corrected chi connectivity index (χ3v) is 18.8. The molecule has 19 heteroatoms. The number of aliphatic hydroxyl groups is 1. The highest BCUT2D eigenvalue weighted by Gasteiger charge is 2.30. The van der Waals surface area contributed by atoms with Crippen LogP contribution in [-0.2, 0) is 65.4 Å². The predicted octanol–water partition coefficient (Wildman–Crippen LogP) is 21.0. The topological polar surface area (TPSA) is 237 Å². The van der Waals surface area contributed by atoms with Crippen LogP contribution in [0.5, 0.6) is 0 Å². The van der Waals surface area contributed by atoms with Gasteiger partial charge < -0.3 is 33.8 Å². The summed E-state index contributed by atoms with van der Waals surface area (Å²) in [5.74, 6) is 0.104. The summed E-state index contributed by atoms with van der Waals surface area (Å²) in [5.41, 5.74) is 0. The minimum atomic E-state index is -4.96. The smallest absolute Gasteiger partial charge is 0.462 e. The number of carbonyl (C=O) groups is 4. The van der Waals surface area contributed by atoms with Gasteiger partial charge in [-0.3, -0.25) is 37.3 Å². The second-order valence-corrected chi connectivity index (χ2v) is 30.1. The largest absolute Gasteiger partial charge is 0.472 e. The maximum atomic E-state index is 13.1. The Morgan fingerprint density at radius 3 is 0.957 bits per heavy atom. The first kappa shape index (κ1) is 90.5. The number of hydrogen-bond donors (Lipinski definition) is 3. The van der Waals surface area contributed by atoms with E-state index in [1.807, 2.05) is 0 Å². The quantitative estimate of drug-likeness (QED) is 0.0169. The van der Waals surface area contributed by atoms with Crippen molar-refractivity contribution in [2.45, 2.75) is 369 Å². The minimum Gasteiger partial charge on any atom is -0.462 e. The van der Waals surface area contributed by atoms with Crippen molar-refractivity contribution in [2.75, 3.05) is 39.6 Å². The van der Waals surface area contributed by atoms with Crippen LogP contribution in [0, 0.1) is 17.8 Å².